The van der Waals surface area contributed by atoms with Crippen molar-refractivity contribution < 1.29 is 27.7 Å². The van der Waals surface area contributed by atoms with Crippen LogP contribution in [-0.4, -0.2) is 100 Å². The molecule has 13 nitrogen and oxygen atoms in total. The van der Waals surface area contributed by atoms with Crippen molar-refractivity contribution in [2.75, 3.05) is 69.4 Å². The maximum absolute atomic E-state index is 13.4. The Labute approximate surface area is 366 Å². The first-order valence-corrected chi connectivity index (χ1v) is 22.7. The zero-order valence-electron chi connectivity index (χ0n) is 34.0. The zero-order valence-corrected chi connectivity index (χ0v) is 36.4. The van der Waals surface area contributed by atoms with E-state index in [1.54, 1.807) is 36.0 Å². The summed E-state index contributed by atoms with van der Waals surface area (Å²) in [5.74, 6) is -0.612. The molecule has 61 heavy (non-hydrogen) atoms. The lowest BCUT2D eigenvalue weighted by atomic mass is 9.99. The maximum Gasteiger partial charge on any atom is 0.306 e. The van der Waals surface area contributed by atoms with Gasteiger partial charge in [-0.25, -0.2) is 13.1 Å². The van der Waals surface area contributed by atoms with Crippen LogP contribution in [0.4, 0.5) is 17.1 Å². The fourth-order valence-electron chi connectivity index (χ4n) is 6.99. The van der Waals surface area contributed by atoms with Crippen molar-refractivity contribution in [3.63, 3.8) is 0 Å². The number of piperazine rings is 1. The third-order valence-electron chi connectivity index (χ3n) is 10.5. The van der Waals surface area contributed by atoms with Gasteiger partial charge in [-0.1, -0.05) is 66.2 Å². The number of carbonyl (C=O) groups excluding carboxylic acids is 2. The molecule has 1 fully saturated rings. The second-order valence-electron chi connectivity index (χ2n) is 14.7. The van der Waals surface area contributed by atoms with Crippen molar-refractivity contribution in [1.82, 2.24) is 14.5 Å². The van der Waals surface area contributed by atoms with Crippen LogP contribution in [-0.2, 0) is 26.1 Å². The van der Waals surface area contributed by atoms with Crippen LogP contribution in [0, 0.1) is 10.1 Å². The van der Waals surface area contributed by atoms with E-state index in [9.17, 15) is 28.1 Å². The molecule has 0 radical (unpaired) electrons. The van der Waals surface area contributed by atoms with Crippen LogP contribution in [0.1, 0.15) is 28.8 Å². The Morgan fingerprint density at radius 1 is 0.902 bits per heavy atom. The van der Waals surface area contributed by atoms with E-state index < -0.39 is 31.4 Å². The number of amides is 1. The van der Waals surface area contributed by atoms with Gasteiger partial charge in [0.2, 0.25) is 0 Å². The van der Waals surface area contributed by atoms with Crippen LogP contribution >= 0.6 is 23.4 Å². The highest BCUT2D eigenvalue weighted by Gasteiger charge is 2.26. The van der Waals surface area contributed by atoms with E-state index in [-0.39, 0.29) is 29.7 Å². The van der Waals surface area contributed by atoms with Crippen molar-refractivity contribution in [2.45, 2.75) is 35.2 Å². The van der Waals surface area contributed by atoms with Crippen LogP contribution in [0.25, 0.3) is 11.1 Å². The topological polar surface area (TPSA) is 154 Å². The highest BCUT2D eigenvalue weighted by Crippen LogP contribution is 2.31. The van der Waals surface area contributed by atoms with E-state index >= 15 is 0 Å². The number of halogens is 1. The van der Waals surface area contributed by atoms with E-state index in [1.807, 2.05) is 72.6 Å². The number of methoxy groups -OCH3 is 1. The van der Waals surface area contributed by atoms with Crippen molar-refractivity contribution in [1.29, 1.82) is 0 Å². The number of nitrogens with one attached hydrogen (secondary N) is 2. The van der Waals surface area contributed by atoms with Gasteiger partial charge in [0.1, 0.15) is 5.69 Å². The summed E-state index contributed by atoms with van der Waals surface area (Å²) in [6, 6.07) is 36.0. The molecule has 1 aliphatic rings. The summed E-state index contributed by atoms with van der Waals surface area (Å²) < 4.78 is 33.7. The van der Waals surface area contributed by atoms with E-state index in [1.165, 1.54) is 30.4 Å². The lowest BCUT2D eigenvalue weighted by Crippen LogP contribution is -2.46. The lowest BCUT2D eigenvalue weighted by molar-refractivity contribution is -0.384. The van der Waals surface area contributed by atoms with Gasteiger partial charge in [0.15, 0.2) is 0 Å². The monoisotopic (exact) mass is 884 g/mol. The van der Waals surface area contributed by atoms with Crippen LogP contribution < -0.4 is 14.9 Å². The fraction of sp³-hybridized carbons (Fsp3) is 0.289. The smallest absolute Gasteiger partial charge is 0.306 e. The SMILES string of the molecule is COC(=O)CCN(C)CCC(CSc1ccccc1)Nc1ccc(S(=O)(=O)NC(=O)c2ccc(N3CCN(Cc4ccccc4-c4ccc(Cl)cc4)CC3)cc2)cc1[N+](=O)[O-]. The molecule has 5 aromatic carbocycles. The molecule has 0 bridgehead atoms. The molecule has 0 spiro atoms. The molecule has 1 heterocycles. The number of nitro benzene ring substituents is 1. The molecule has 0 aliphatic carbocycles. The minimum absolute atomic E-state index is 0.132. The molecule has 0 aromatic heterocycles. The van der Waals surface area contributed by atoms with Gasteiger partial charge in [0.05, 0.1) is 23.3 Å². The molecule has 320 valence electrons. The molecule has 16 heteroatoms. The van der Waals surface area contributed by atoms with Gasteiger partial charge in [0.25, 0.3) is 21.6 Å². The van der Waals surface area contributed by atoms with Gasteiger partial charge in [-0.3, -0.25) is 24.6 Å². The quantitative estimate of drug-likeness (QED) is 0.0360. The van der Waals surface area contributed by atoms with Gasteiger partial charge >= 0.3 is 5.97 Å². The van der Waals surface area contributed by atoms with Gasteiger partial charge in [-0.05, 0) is 97.4 Å². The third kappa shape index (κ3) is 12.8. The van der Waals surface area contributed by atoms with Crippen molar-refractivity contribution in [3.05, 3.63) is 148 Å². The maximum atomic E-state index is 13.4. The van der Waals surface area contributed by atoms with Crippen LogP contribution in [0.15, 0.2) is 131 Å². The Kier molecular flexibility index (Phi) is 15.8. The Hall–Kier alpha value is -5.45. The van der Waals surface area contributed by atoms with Gasteiger partial charge in [0, 0.05) is 78.3 Å². The summed E-state index contributed by atoms with van der Waals surface area (Å²) in [7, 11) is -1.26. The van der Waals surface area contributed by atoms with Crippen molar-refractivity contribution in [2.24, 2.45) is 0 Å². The first kappa shape index (κ1) is 45.1. The number of esters is 1. The molecule has 2 N–H and O–H groups in total. The average molecular weight is 886 g/mol. The normalized spacial score (nSPS) is 13.7. The number of sulfonamides is 1. The summed E-state index contributed by atoms with van der Waals surface area (Å²) >= 11 is 7.70. The molecule has 1 aliphatic heterocycles. The molecular formula is C45H49ClN6O7S2. The number of rotatable bonds is 19. The Balaban J connectivity index is 1.06. The molecule has 1 atom stereocenters. The van der Waals surface area contributed by atoms with Crippen LogP contribution in [0.3, 0.4) is 0 Å². The highest BCUT2D eigenvalue weighted by atomic mass is 35.5. The molecule has 1 saturated heterocycles. The summed E-state index contributed by atoms with van der Waals surface area (Å²) in [5.41, 5.74) is 4.27. The van der Waals surface area contributed by atoms with E-state index in [0.29, 0.717) is 30.3 Å². The number of thioether (sulfide) groups is 1. The van der Waals surface area contributed by atoms with E-state index in [4.69, 9.17) is 16.3 Å². The fourth-order valence-corrected chi connectivity index (χ4v) is 9.11. The number of nitro groups is 1. The second kappa shape index (κ2) is 21.4. The summed E-state index contributed by atoms with van der Waals surface area (Å²) in [6.45, 7) is 5.07. The number of hydrogen-bond acceptors (Lipinski definition) is 12. The molecule has 6 rings (SSSR count). The second-order valence-corrected chi connectivity index (χ2v) is 17.9. The number of hydrogen-bond donors (Lipinski definition) is 2. The average Bonchev–Trinajstić information content (AvgIpc) is 3.27. The van der Waals surface area contributed by atoms with E-state index in [0.717, 1.165) is 54.9 Å². The van der Waals surface area contributed by atoms with E-state index in [2.05, 4.69) is 38.0 Å². The summed E-state index contributed by atoms with van der Waals surface area (Å²) in [6.07, 6.45) is 0.801. The molecule has 1 unspecified atom stereocenters. The molecule has 1 amide bonds. The van der Waals surface area contributed by atoms with Gasteiger partial charge in [-0.15, -0.1) is 11.8 Å². The Morgan fingerprint density at radius 3 is 2.28 bits per heavy atom. The Bertz CT molecular complexity index is 2380. The number of ether oxygens (including phenoxy) is 1. The number of carbonyl (C=O) groups is 2. The minimum Gasteiger partial charge on any atom is -0.469 e. The first-order chi connectivity index (χ1) is 29.4. The van der Waals surface area contributed by atoms with Gasteiger partial charge in [-0.2, -0.15) is 0 Å². The lowest BCUT2D eigenvalue weighted by Gasteiger charge is -2.36. The van der Waals surface area contributed by atoms with Crippen molar-refractivity contribution >= 4 is 62.3 Å². The number of anilines is 2. The van der Waals surface area contributed by atoms with Crippen LogP contribution in [0.5, 0.6) is 0 Å². The predicted octanol–water partition coefficient (Wildman–Crippen LogP) is 7.81. The number of nitrogens with zero attached hydrogens (tertiary/aromatic N) is 4. The summed E-state index contributed by atoms with van der Waals surface area (Å²) in [4.78, 5) is 43.8. The predicted molar refractivity (Wildman–Crippen MR) is 242 cm³/mol. The Morgan fingerprint density at radius 2 is 1.59 bits per heavy atom. The van der Waals surface area contributed by atoms with Crippen LogP contribution in [0.2, 0.25) is 5.02 Å². The standard InChI is InChI=1S/C45H49ClN6O7S2/c1-49(25-23-44(53)59-2)24-22-37(32-60-39-9-4-3-5-10-39)47-42-21-20-40(30-43(42)52(55)56)61(57,58)48-45(54)34-14-18-38(19-15-34)51-28-26-50(27-29-51)31-35-8-6-7-11-41(35)33-12-16-36(46)17-13-33/h3-21,30,37,47H,22-29,31-32H2,1-2H3,(H,48,54). The largest absolute Gasteiger partial charge is 0.469 e. The molecule has 0 saturated carbocycles. The molecule has 5 aromatic rings. The third-order valence-corrected chi connectivity index (χ3v) is 13.2. The van der Waals surface area contributed by atoms with Gasteiger partial charge < -0.3 is 19.9 Å². The zero-order chi connectivity index (χ0) is 43.4. The number of benzene rings is 5. The summed E-state index contributed by atoms with van der Waals surface area (Å²) in [5, 5.41) is 16.3. The first-order valence-electron chi connectivity index (χ1n) is 19.8. The highest BCUT2D eigenvalue weighted by molar-refractivity contribution is 7.99. The molecular weight excluding hydrogens is 836 g/mol. The van der Waals surface area contributed by atoms with Crippen molar-refractivity contribution in [3.8, 4) is 11.1 Å². The minimum atomic E-state index is -4.48.